The molecule has 2 aromatic rings. The molecule has 2 aliphatic carbocycles. The molecule has 2 aliphatic rings. The molecule has 1 aromatic carbocycles. The molecule has 0 spiro atoms. The minimum absolute atomic E-state index is 0.105. The van der Waals surface area contributed by atoms with Crippen LogP contribution in [0.1, 0.15) is 67.7 Å². The van der Waals surface area contributed by atoms with E-state index < -0.39 is 0 Å². The standard InChI is InChI=1S/C25H30ClNO3/c1-29-25-20(18-7-8-18)10-11-23(27-25)21(15-17-5-2-3-6-17)19-9-12-24(22(26)16-19)30-14-4-13-28/h9-12,15-18,28H,2-8,13-14H2,1H3/b21-15+. The Morgan fingerprint density at radius 3 is 2.63 bits per heavy atom. The van der Waals surface area contributed by atoms with Gasteiger partial charge in [-0.25, -0.2) is 4.98 Å². The van der Waals surface area contributed by atoms with Crippen molar-refractivity contribution in [3.63, 3.8) is 0 Å². The largest absolute Gasteiger partial charge is 0.492 e. The number of hydrogen-bond donors (Lipinski definition) is 1. The van der Waals surface area contributed by atoms with Crippen LogP contribution in [0.15, 0.2) is 36.4 Å². The van der Waals surface area contributed by atoms with Gasteiger partial charge in [-0.2, -0.15) is 0 Å². The summed E-state index contributed by atoms with van der Waals surface area (Å²) >= 11 is 6.53. The maximum atomic E-state index is 8.95. The molecule has 4 nitrogen and oxygen atoms in total. The van der Waals surface area contributed by atoms with Gasteiger partial charge in [0.1, 0.15) is 5.75 Å². The summed E-state index contributed by atoms with van der Waals surface area (Å²) in [5.74, 6) is 2.54. The van der Waals surface area contributed by atoms with E-state index in [4.69, 9.17) is 31.2 Å². The number of pyridine rings is 1. The average Bonchev–Trinajstić information content (AvgIpc) is 3.48. The number of halogens is 1. The number of methoxy groups -OCH3 is 1. The van der Waals surface area contributed by atoms with Crippen molar-refractivity contribution in [2.45, 2.75) is 50.9 Å². The molecule has 1 heterocycles. The molecule has 30 heavy (non-hydrogen) atoms. The van der Waals surface area contributed by atoms with Crippen molar-refractivity contribution in [3.05, 3.63) is 58.3 Å². The second kappa shape index (κ2) is 9.84. The highest BCUT2D eigenvalue weighted by molar-refractivity contribution is 6.32. The molecule has 0 amide bonds. The fraction of sp³-hybridized carbons (Fsp3) is 0.480. The third-order valence-corrected chi connectivity index (χ3v) is 6.28. The van der Waals surface area contributed by atoms with E-state index in [9.17, 15) is 0 Å². The van der Waals surface area contributed by atoms with Gasteiger partial charge in [0.25, 0.3) is 0 Å². The molecular weight excluding hydrogens is 398 g/mol. The molecule has 0 saturated heterocycles. The minimum Gasteiger partial charge on any atom is -0.492 e. The molecule has 1 N–H and O–H groups in total. The summed E-state index contributed by atoms with van der Waals surface area (Å²) in [5.41, 5.74) is 4.28. The Hall–Kier alpha value is -2.04. The molecule has 2 fully saturated rings. The number of aromatic nitrogens is 1. The van der Waals surface area contributed by atoms with Gasteiger partial charge in [-0.15, -0.1) is 0 Å². The lowest BCUT2D eigenvalue weighted by atomic mass is 9.95. The van der Waals surface area contributed by atoms with Crippen LogP contribution in [-0.4, -0.2) is 30.4 Å². The zero-order valence-corrected chi connectivity index (χ0v) is 18.3. The lowest BCUT2D eigenvalue weighted by Crippen LogP contribution is -2.02. The number of aliphatic hydroxyl groups excluding tert-OH is 1. The van der Waals surface area contributed by atoms with Crippen LogP contribution in [-0.2, 0) is 0 Å². The van der Waals surface area contributed by atoms with Crippen LogP contribution in [0.25, 0.3) is 5.57 Å². The second-order valence-corrected chi connectivity index (χ2v) is 8.67. The molecular formula is C25H30ClNO3. The van der Waals surface area contributed by atoms with Crippen LogP contribution in [0, 0.1) is 5.92 Å². The number of rotatable bonds is 9. The molecule has 4 rings (SSSR count). The predicted molar refractivity (Wildman–Crippen MR) is 120 cm³/mol. The van der Waals surface area contributed by atoms with Gasteiger partial charge in [0, 0.05) is 24.2 Å². The van der Waals surface area contributed by atoms with Crippen molar-refractivity contribution in [1.29, 1.82) is 0 Å². The summed E-state index contributed by atoms with van der Waals surface area (Å²) in [7, 11) is 1.70. The van der Waals surface area contributed by atoms with E-state index >= 15 is 0 Å². The SMILES string of the molecule is COc1nc(/C(=C/C2CCCC2)c2ccc(OCCCO)c(Cl)c2)ccc1C1CC1. The molecule has 0 aliphatic heterocycles. The first-order valence-electron chi connectivity index (χ1n) is 11.0. The molecule has 0 bridgehead atoms. The summed E-state index contributed by atoms with van der Waals surface area (Å²) in [6.07, 6.45) is 10.4. The fourth-order valence-electron chi connectivity index (χ4n) is 4.19. The third-order valence-electron chi connectivity index (χ3n) is 5.98. The zero-order valence-electron chi connectivity index (χ0n) is 17.6. The van der Waals surface area contributed by atoms with Crippen molar-refractivity contribution in [1.82, 2.24) is 4.98 Å². The maximum absolute atomic E-state index is 8.95. The number of allylic oxidation sites excluding steroid dienone is 1. The Balaban J connectivity index is 1.68. The van der Waals surface area contributed by atoms with Gasteiger partial charge in [-0.3, -0.25) is 0 Å². The highest BCUT2D eigenvalue weighted by atomic mass is 35.5. The van der Waals surface area contributed by atoms with Crippen molar-refractivity contribution >= 4 is 17.2 Å². The minimum atomic E-state index is 0.105. The summed E-state index contributed by atoms with van der Waals surface area (Å²) in [6, 6.07) is 10.2. The van der Waals surface area contributed by atoms with Crippen LogP contribution in [0.3, 0.4) is 0 Å². The molecule has 2 saturated carbocycles. The Kier molecular flexibility index (Phi) is 6.96. The number of ether oxygens (including phenoxy) is 2. The van der Waals surface area contributed by atoms with Crippen LogP contribution in [0.5, 0.6) is 11.6 Å². The molecule has 5 heteroatoms. The third kappa shape index (κ3) is 4.98. The van der Waals surface area contributed by atoms with Gasteiger partial charge in [-0.05, 0) is 61.3 Å². The topological polar surface area (TPSA) is 51.6 Å². The van der Waals surface area contributed by atoms with Gasteiger partial charge >= 0.3 is 0 Å². The lowest BCUT2D eigenvalue weighted by Gasteiger charge is -2.15. The van der Waals surface area contributed by atoms with Crippen molar-refractivity contribution < 1.29 is 14.6 Å². The first-order chi connectivity index (χ1) is 14.7. The highest BCUT2D eigenvalue weighted by Crippen LogP contribution is 2.44. The molecule has 0 unspecified atom stereocenters. The Labute approximate surface area is 183 Å². The quantitative estimate of drug-likeness (QED) is 0.498. The smallest absolute Gasteiger partial charge is 0.217 e. The van der Waals surface area contributed by atoms with E-state index in [-0.39, 0.29) is 6.61 Å². The van der Waals surface area contributed by atoms with E-state index in [0.717, 1.165) is 22.7 Å². The summed E-state index contributed by atoms with van der Waals surface area (Å²) in [4.78, 5) is 4.89. The van der Waals surface area contributed by atoms with E-state index in [1.807, 2.05) is 18.2 Å². The summed E-state index contributed by atoms with van der Waals surface area (Å²) in [5, 5.41) is 9.53. The van der Waals surface area contributed by atoms with Crippen LogP contribution >= 0.6 is 11.6 Å². The number of benzene rings is 1. The van der Waals surface area contributed by atoms with Crippen LogP contribution in [0.2, 0.25) is 5.02 Å². The number of hydrogen-bond acceptors (Lipinski definition) is 4. The average molecular weight is 428 g/mol. The monoisotopic (exact) mass is 427 g/mol. The van der Waals surface area contributed by atoms with Gasteiger partial charge in [0.2, 0.25) is 5.88 Å². The fourth-order valence-corrected chi connectivity index (χ4v) is 4.43. The first-order valence-corrected chi connectivity index (χ1v) is 11.4. The van der Waals surface area contributed by atoms with Crippen molar-refractivity contribution in [2.24, 2.45) is 5.92 Å². The van der Waals surface area contributed by atoms with Crippen LogP contribution in [0.4, 0.5) is 0 Å². The van der Waals surface area contributed by atoms with Crippen LogP contribution < -0.4 is 9.47 Å². The zero-order chi connectivity index (χ0) is 20.9. The van der Waals surface area contributed by atoms with E-state index in [1.54, 1.807) is 7.11 Å². The molecule has 1 aromatic heterocycles. The van der Waals surface area contributed by atoms with Crippen molar-refractivity contribution in [2.75, 3.05) is 20.3 Å². The Bertz CT molecular complexity index is 901. The van der Waals surface area contributed by atoms with E-state index in [0.29, 0.717) is 35.6 Å². The molecule has 0 radical (unpaired) electrons. The highest BCUT2D eigenvalue weighted by Gasteiger charge is 2.28. The molecule has 160 valence electrons. The number of aliphatic hydroxyl groups is 1. The Morgan fingerprint density at radius 2 is 1.97 bits per heavy atom. The Morgan fingerprint density at radius 1 is 1.17 bits per heavy atom. The van der Waals surface area contributed by atoms with E-state index in [1.165, 1.54) is 44.1 Å². The summed E-state index contributed by atoms with van der Waals surface area (Å²) < 4.78 is 11.3. The molecule has 0 atom stereocenters. The second-order valence-electron chi connectivity index (χ2n) is 8.26. The van der Waals surface area contributed by atoms with Gasteiger partial charge in [0.05, 0.1) is 24.4 Å². The maximum Gasteiger partial charge on any atom is 0.217 e. The van der Waals surface area contributed by atoms with Gasteiger partial charge in [0.15, 0.2) is 0 Å². The summed E-state index contributed by atoms with van der Waals surface area (Å²) in [6.45, 7) is 0.552. The van der Waals surface area contributed by atoms with E-state index in [2.05, 4.69) is 18.2 Å². The first kappa shape index (κ1) is 21.2. The predicted octanol–water partition coefficient (Wildman–Crippen LogP) is 6.00. The normalized spacial score (nSPS) is 17.4. The van der Waals surface area contributed by atoms with Gasteiger partial charge in [-0.1, -0.05) is 42.7 Å². The van der Waals surface area contributed by atoms with Crippen molar-refractivity contribution in [3.8, 4) is 11.6 Å². The van der Waals surface area contributed by atoms with Gasteiger partial charge < -0.3 is 14.6 Å². The lowest BCUT2D eigenvalue weighted by molar-refractivity contribution is 0.233. The number of nitrogens with zero attached hydrogens (tertiary/aromatic N) is 1.